The van der Waals surface area contributed by atoms with Gasteiger partial charge in [0.25, 0.3) is 0 Å². The molecule has 2 aromatic rings. The Bertz CT molecular complexity index is 756. The van der Waals surface area contributed by atoms with Crippen LogP contribution >= 0.6 is 11.8 Å². The topological polar surface area (TPSA) is 85.1 Å². The lowest BCUT2D eigenvalue weighted by Gasteiger charge is -2.22. The van der Waals surface area contributed by atoms with Gasteiger partial charge in [-0.1, -0.05) is 0 Å². The zero-order valence-electron chi connectivity index (χ0n) is 11.5. The van der Waals surface area contributed by atoms with Gasteiger partial charge in [0.05, 0.1) is 5.52 Å². The molecule has 1 aliphatic rings. The maximum atomic E-state index is 12.6. The highest BCUT2D eigenvalue weighted by Crippen LogP contribution is 2.27. The fraction of sp³-hybridized carbons (Fsp3) is 0.357. The highest BCUT2D eigenvalue weighted by molar-refractivity contribution is 7.99. The van der Waals surface area contributed by atoms with Gasteiger partial charge in [0.2, 0.25) is 10.0 Å². The van der Waals surface area contributed by atoms with Crippen LogP contribution in [0.4, 0.5) is 5.69 Å². The standard InChI is InChI=1S/C14H17N3O2S2/c15-12-3-4-13(14-11(12)2-1-7-16-14)21(18,19)17-10-5-8-20-9-6-10/h1-4,7,10,17H,5-6,8-9,15H2. The van der Waals surface area contributed by atoms with Crippen molar-refractivity contribution in [1.82, 2.24) is 9.71 Å². The number of nitrogen functional groups attached to an aromatic ring is 1. The fourth-order valence-electron chi connectivity index (χ4n) is 2.48. The van der Waals surface area contributed by atoms with Gasteiger partial charge in [-0.15, -0.1) is 0 Å². The molecule has 21 heavy (non-hydrogen) atoms. The molecule has 0 atom stereocenters. The highest BCUT2D eigenvalue weighted by Gasteiger charge is 2.24. The van der Waals surface area contributed by atoms with Crippen molar-refractivity contribution in [2.75, 3.05) is 17.2 Å². The number of fused-ring (bicyclic) bond motifs is 1. The zero-order valence-corrected chi connectivity index (χ0v) is 13.1. The number of nitrogens with zero attached hydrogens (tertiary/aromatic N) is 1. The number of aromatic nitrogens is 1. The number of rotatable bonds is 3. The average molecular weight is 323 g/mol. The van der Waals surface area contributed by atoms with E-state index in [-0.39, 0.29) is 10.9 Å². The van der Waals surface area contributed by atoms with E-state index in [1.165, 1.54) is 6.07 Å². The Morgan fingerprint density at radius 2 is 2.00 bits per heavy atom. The lowest BCUT2D eigenvalue weighted by Crippen LogP contribution is -2.37. The molecule has 7 heteroatoms. The highest BCUT2D eigenvalue weighted by atomic mass is 32.2. The number of benzene rings is 1. The molecule has 5 nitrogen and oxygen atoms in total. The van der Waals surface area contributed by atoms with E-state index < -0.39 is 10.0 Å². The van der Waals surface area contributed by atoms with Crippen LogP contribution in [-0.4, -0.2) is 30.9 Å². The van der Waals surface area contributed by atoms with Crippen molar-refractivity contribution in [1.29, 1.82) is 0 Å². The van der Waals surface area contributed by atoms with Crippen LogP contribution in [0.1, 0.15) is 12.8 Å². The second-order valence-corrected chi connectivity index (χ2v) is 7.97. The van der Waals surface area contributed by atoms with Gasteiger partial charge in [0, 0.05) is 23.3 Å². The Kier molecular flexibility index (Phi) is 4.05. The van der Waals surface area contributed by atoms with Crippen LogP contribution in [0.2, 0.25) is 0 Å². The van der Waals surface area contributed by atoms with Crippen LogP contribution in [0, 0.1) is 0 Å². The van der Waals surface area contributed by atoms with E-state index in [4.69, 9.17) is 5.73 Å². The summed E-state index contributed by atoms with van der Waals surface area (Å²) in [7, 11) is -3.58. The first-order valence-electron chi connectivity index (χ1n) is 6.81. The van der Waals surface area contributed by atoms with Gasteiger partial charge in [-0.2, -0.15) is 11.8 Å². The molecule has 0 spiro atoms. The van der Waals surface area contributed by atoms with Crippen molar-refractivity contribution in [3.63, 3.8) is 0 Å². The molecular weight excluding hydrogens is 306 g/mol. The molecule has 0 saturated carbocycles. The minimum atomic E-state index is -3.58. The van der Waals surface area contributed by atoms with Crippen LogP contribution in [0.5, 0.6) is 0 Å². The number of nitrogens with one attached hydrogen (secondary N) is 1. The lowest BCUT2D eigenvalue weighted by atomic mass is 10.2. The molecule has 112 valence electrons. The van der Waals surface area contributed by atoms with Gasteiger partial charge in [0.1, 0.15) is 4.90 Å². The number of hydrogen-bond donors (Lipinski definition) is 2. The number of sulfonamides is 1. The maximum absolute atomic E-state index is 12.6. The van der Waals surface area contributed by atoms with Crippen LogP contribution in [0.25, 0.3) is 10.9 Å². The summed E-state index contributed by atoms with van der Waals surface area (Å²) in [5.41, 5.74) is 6.85. The molecule has 0 amide bonds. The van der Waals surface area contributed by atoms with E-state index in [0.29, 0.717) is 16.6 Å². The van der Waals surface area contributed by atoms with Crippen molar-refractivity contribution >= 4 is 38.4 Å². The Hall–Kier alpha value is -1.31. The summed E-state index contributed by atoms with van der Waals surface area (Å²) in [4.78, 5) is 4.40. The van der Waals surface area contributed by atoms with E-state index in [9.17, 15) is 8.42 Å². The predicted octanol–water partition coefficient (Wildman–Crippen LogP) is 1.99. The van der Waals surface area contributed by atoms with Crippen molar-refractivity contribution in [2.24, 2.45) is 0 Å². The quantitative estimate of drug-likeness (QED) is 0.844. The molecule has 3 N–H and O–H groups in total. The molecule has 0 bridgehead atoms. The largest absolute Gasteiger partial charge is 0.398 e. The van der Waals surface area contributed by atoms with Gasteiger partial charge in [-0.25, -0.2) is 13.1 Å². The first-order chi connectivity index (χ1) is 10.1. The molecule has 1 saturated heterocycles. The van der Waals surface area contributed by atoms with Gasteiger partial charge in [0.15, 0.2) is 0 Å². The summed E-state index contributed by atoms with van der Waals surface area (Å²) in [5, 5.41) is 0.666. The van der Waals surface area contributed by atoms with E-state index in [1.807, 2.05) is 11.8 Å². The van der Waals surface area contributed by atoms with Crippen LogP contribution in [0.15, 0.2) is 35.4 Å². The van der Waals surface area contributed by atoms with E-state index in [0.717, 1.165) is 24.3 Å². The Balaban J connectivity index is 2.00. The van der Waals surface area contributed by atoms with Gasteiger partial charge < -0.3 is 5.73 Å². The number of nitrogens with two attached hydrogens (primary N) is 1. The fourth-order valence-corrected chi connectivity index (χ4v) is 5.06. The second-order valence-electron chi connectivity index (χ2n) is 5.06. The van der Waals surface area contributed by atoms with Gasteiger partial charge >= 0.3 is 0 Å². The molecule has 1 aromatic heterocycles. The molecule has 1 fully saturated rings. The third-order valence-corrected chi connectivity index (χ3v) is 6.20. The first-order valence-corrected chi connectivity index (χ1v) is 9.45. The Morgan fingerprint density at radius 3 is 2.76 bits per heavy atom. The minimum absolute atomic E-state index is 0.00700. The number of pyridine rings is 1. The smallest absolute Gasteiger partial charge is 0.242 e. The summed E-state index contributed by atoms with van der Waals surface area (Å²) in [5.74, 6) is 1.99. The Labute approximate surface area is 128 Å². The third kappa shape index (κ3) is 3.00. The van der Waals surface area contributed by atoms with Gasteiger partial charge in [-0.3, -0.25) is 4.98 Å². The number of thioether (sulfide) groups is 1. The van der Waals surface area contributed by atoms with Crippen LogP contribution in [0.3, 0.4) is 0 Å². The molecule has 3 rings (SSSR count). The maximum Gasteiger partial charge on any atom is 0.242 e. The Morgan fingerprint density at radius 1 is 1.24 bits per heavy atom. The average Bonchev–Trinajstić information content (AvgIpc) is 2.48. The van der Waals surface area contributed by atoms with Crippen molar-refractivity contribution in [2.45, 2.75) is 23.8 Å². The zero-order chi connectivity index (χ0) is 14.9. The molecule has 1 aliphatic heterocycles. The molecule has 0 unspecified atom stereocenters. The summed E-state index contributed by atoms with van der Waals surface area (Å²) in [6.07, 6.45) is 3.31. The normalized spacial score (nSPS) is 17.1. The first kappa shape index (κ1) is 14.6. The monoisotopic (exact) mass is 323 g/mol. The van der Waals surface area contributed by atoms with E-state index >= 15 is 0 Å². The third-order valence-electron chi connectivity index (χ3n) is 3.60. The van der Waals surface area contributed by atoms with Crippen molar-refractivity contribution < 1.29 is 8.42 Å². The molecule has 2 heterocycles. The van der Waals surface area contributed by atoms with Crippen LogP contribution < -0.4 is 10.5 Å². The number of anilines is 1. The molecular formula is C14H17N3O2S2. The molecule has 0 radical (unpaired) electrons. The molecule has 0 aliphatic carbocycles. The van der Waals surface area contributed by atoms with Crippen molar-refractivity contribution in [3.05, 3.63) is 30.5 Å². The lowest BCUT2D eigenvalue weighted by molar-refractivity contribution is 0.529. The second kappa shape index (κ2) is 5.82. The van der Waals surface area contributed by atoms with Crippen molar-refractivity contribution in [3.8, 4) is 0 Å². The number of hydrogen-bond acceptors (Lipinski definition) is 5. The summed E-state index contributed by atoms with van der Waals surface area (Å²) in [6, 6.07) is 6.70. The summed E-state index contributed by atoms with van der Waals surface area (Å²) < 4.78 is 28.1. The predicted molar refractivity (Wildman–Crippen MR) is 86.8 cm³/mol. The van der Waals surface area contributed by atoms with E-state index in [1.54, 1.807) is 24.4 Å². The van der Waals surface area contributed by atoms with E-state index in [2.05, 4.69) is 9.71 Å². The minimum Gasteiger partial charge on any atom is -0.398 e. The summed E-state index contributed by atoms with van der Waals surface area (Å²) in [6.45, 7) is 0. The van der Waals surface area contributed by atoms with Gasteiger partial charge in [-0.05, 0) is 48.6 Å². The molecule has 1 aromatic carbocycles. The van der Waals surface area contributed by atoms with Crippen LogP contribution in [-0.2, 0) is 10.0 Å². The summed E-state index contributed by atoms with van der Waals surface area (Å²) >= 11 is 1.86. The SMILES string of the molecule is Nc1ccc(S(=O)(=O)NC2CCSCC2)c2ncccc12.